The minimum atomic E-state index is -4.80. The van der Waals surface area contributed by atoms with Gasteiger partial charge in [0, 0.05) is 45.0 Å². The first-order chi connectivity index (χ1) is 33.6. The van der Waals surface area contributed by atoms with Crippen molar-refractivity contribution in [1.82, 2.24) is 15.5 Å². The Hall–Kier alpha value is -5.59. The molecule has 0 saturated carbocycles. The molecule has 0 radical (unpaired) electrons. The third kappa shape index (κ3) is 13.7. The zero-order chi connectivity index (χ0) is 51.7. The molecule has 3 aliphatic heterocycles. The fourth-order valence-corrected chi connectivity index (χ4v) is 10.1. The van der Waals surface area contributed by atoms with E-state index in [0.29, 0.717) is 37.7 Å². The van der Waals surface area contributed by atoms with E-state index in [0.717, 1.165) is 47.4 Å². The molecule has 2 saturated heterocycles. The van der Waals surface area contributed by atoms with Crippen LogP contribution >= 0.6 is 24.0 Å². The molecule has 0 bridgehead atoms. The maximum absolute atomic E-state index is 13.9. The van der Waals surface area contributed by atoms with E-state index in [1.165, 1.54) is 11.0 Å². The van der Waals surface area contributed by atoms with Crippen molar-refractivity contribution in [3.63, 3.8) is 0 Å². The van der Waals surface area contributed by atoms with Crippen LogP contribution in [-0.4, -0.2) is 114 Å². The highest BCUT2D eigenvalue weighted by molar-refractivity contribution is 8.12. The zero-order valence-electron chi connectivity index (χ0n) is 40.8. The number of alkyl halides is 3. The van der Waals surface area contributed by atoms with Crippen LogP contribution < -0.4 is 25.2 Å². The van der Waals surface area contributed by atoms with Crippen LogP contribution in [0.3, 0.4) is 0 Å². The number of rotatable bonds is 21. The van der Waals surface area contributed by atoms with Gasteiger partial charge in [-0.3, -0.25) is 29.1 Å². The van der Waals surface area contributed by atoms with Gasteiger partial charge in [0.2, 0.25) is 17.7 Å². The van der Waals surface area contributed by atoms with Crippen molar-refractivity contribution in [3.8, 4) is 11.8 Å². The summed E-state index contributed by atoms with van der Waals surface area (Å²) in [5.41, 5.74) is 0.774. The molecule has 5 atom stereocenters. The summed E-state index contributed by atoms with van der Waals surface area (Å²) in [5.74, 6) is -1.23. The SMILES string of the molecule is CC1N=CSC1c1ccc(CNC(=O)[C@@H]2C[C@H](O)CN2C(=O)[C@@H](NC(=O)COCCCOCCCCCOc2ccc(N3C(=S)N(c4ccc(C#N)c(C(F)(F)F)c4)C(=O)C3(C)C)cc2)C(C)(C)C)cc1. The number of aliphatic hydroxyl groups excluding tert-OH is 1. The Balaban J connectivity index is 0.848. The molecule has 2 fully saturated rings. The van der Waals surface area contributed by atoms with Gasteiger partial charge in [-0.2, -0.15) is 18.4 Å². The number of nitriles is 1. The molecule has 0 aromatic heterocycles. The predicted molar refractivity (Wildman–Crippen MR) is 269 cm³/mol. The number of carbonyl (C=O) groups is 4. The molecule has 3 aromatic rings. The molecule has 6 rings (SSSR count). The van der Waals surface area contributed by atoms with E-state index in [-0.39, 0.29) is 60.7 Å². The average Bonchev–Trinajstić information content (AvgIpc) is 3.99. The summed E-state index contributed by atoms with van der Waals surface area (Å²) < 4.78 is 58.4. The van der Waals surface area contributed by atoms with E-state index in [1.54, 1.807) is 60.8 Å². The van der Waals surface area contributed by atoms with Gasteiger partial charge in [-0.05, 0) is 118 Å². The van der Waals surface area contributed by atoms with Crippen LogP contribution in [0.4, 0.5) is 24.5 Å². The van der Waals surface area contributed by atoms with Gasteiger partial charge in [0.05, 0.1) is 52.4 Å². The molecule has 0 aliphatic carbocycles. The minimum Gasteiger partial charge on any atom is -0.494 e. The van der Waals surface area contributed by atoms with Crippen molar-refractivity contribution >= 4 is 69.6 Å². The Morgan fingerprint density at radius 2 is 1.62 bits per heavy atom. The fraction of sp³-hybridized carbons (Fsp3) is 0.510. The lowest BCUT2D eigenvalue weighted by Gasteiger charge is -2.35. The van der Waals surface area contributed by atoms with Crippen LogP contribution in [0.15, 0.2) is 71.7 Å². The number of hydrogen-bond acceptors (Lipinski definition) is 12. The maximum atomic E-state index is 13.9. The Morgan fingerprint density at radius 1 is 0.958 bits per heavy atom. The molecular formula is C51H62F3N7O8S2. The van der Waals surface area contributed by atoms with E-state index >= 15 is 0 Å². The minimum absolute atomic E-state index is 0.00126. The number of aliphatic hydroxyl groups is 1. The van der Waals surface area contributed by atoms with E-state index in [2.05, 4.69) is 22.5 Å². The number of amides is 4. The van der Waals surface area contributed by atoms with Gasteiger partial charge in [-0.15, -0.1) is 11.8 Å². The van der Waals surface area contributed by atoms with E-state index < -0.39 is 64.2 Å². The van der Waals surface area contributed by atoms with E-state index in [9.17, 15) is 42.7 Å². The van der Waals surface area contributed by atoms with Crippen LogP contribution in [0.5, 0.6) is 5.75 Å². The van der Waals surface area contributed by atoms with Crippen LogP contribution in [-0.2, 0) is 41.4 Å². The van der Waals surface area contributed by atoms with Gasteiger partial charge >= 0.3 is 6.18 Å². The Bertz CT molecular complexity index is 2460. The molecule has 3 aliphatic rings. The van der Waals surface area contributed by atoms with Gasteiger partial charge in [-0.1, -0.05) is 45.0 Å². The molecule has 3 N–H and O–H groups in total. The standard InChI is InChI=1S/C51H62F3N7O8S2/c1-32-43(71-31-57-32)34-13-11-33(12-14-34)28-56-45(64)41-26-38(62)29-59(41)46(65)44(49(2,3)4)58-42(63)30-68-23-10-22-67-21-8-7-9-24-69-39-19-17-36(18-20-39)61-48(70)60(47(66)50(61,5)6)37-16-15-35(27-55)40(25-37)51(52,53)54/h11-20,25,31-32,38,41,43-44,62H,7-10,21-24,26,28-30H2,1-6H3,(H,56,64)(H,58,63)/t32?,38-,41-,43?,44+/m0/s1. The topological polar surface area (TPSA) is 186 Å². The number of halogens is 3. The zero-order valence-corrected chi connectivity index (χ0v) is 42.4. The normalized spacial score (nSPS) is 20.3. The van der Waals surface area contributed by atoms with Crippen LogP contribution in [0.25, 0.3) is 0 Å². The number of nitrogens with zero attached hydrogens (tertiary/aromatic N) is 5. The first-order valence-electron chi connectivity index (χ1n) is 23.6. The highest BCUT2D eigenvalue weighted by atomic mass is 32.2. The summed E-state index contributed by atoms with van der Waals surface area (Å²) in [6, 6.07) is 17.9. The number of β-amino-alcohol motifs (C(OH)–C–C–N with tert-alkyl or cyclic N) is 1. The maximum Gasteiger partial charge on any atom is 0.417 e. The van der Waals surface area contributed by atoms with Gasteiger partial charge < -0.3 is 39.8 Å². The third-order valence-corrected chi connectivity index (χ3v) is 14.0. The number of anilines is 2. The summed E-state index contributed by atoms with van der Waals surface area (Å²) in [5, 5.41) is 25.7. The summed E-state index contributed by atoms with van der Waals surface area (Å²) in [6.07, 6.45) is -2.64. The molecule has 0 spiro atoms. The molecule has 3 heterocycles. The van der Waals surface area contributed by atoms with Gasteiger partial charge in [0.1, 0.15) is 30.0 Å². The van der Waals surface area contributed by atoms with Crippen molar-refractivity contribution < 1.29 is 51.7 Å². The summed E-state index contributed by atoms with van der Waals surface area (Å²) in [6.45, 7) is 12.4. The first kappa shape index (κ1) is 54.7. The van der Waals surface area contributed by atoms with Crippen molar-refractivity contribution in [3.05, 3.63) is 89.0 Å². The monoisotopic (exact) mass is 1020 g/mol. The second kappa shape index (κ2) is 23.8. The predicted octanol–water partition coefficient (Wildman–Crippen LogP) is 7.48. The summed E-state index contributed by atoms with van der Waals surface area (Å²) in [4.78, 5) is 62.3. The fourth-order valence-electron chi connectivity index (χ4n) is 8.55. The number of nitrogens with one attached hydrogen (secondary N) is 2. The van der Waals surface area contributed by atoms with E-state index in [4.69, 9.17) is 26.4 Å². The van der Waals surface area contributed by atoms with Crippen LogP contribution in [0.2, 0.25) is 0 Å². The van der Waals surface area contributed by atoms with Gasteiger partial charge in [0.25, 0.3) is 5.91 Å². The average molecular weight is 1020 g/mol. The highest BCUT2D eigenvalue weighted by Crippen LogP contribution is 2.40. The smallest absolute Gasteiger partial charge is 0.417 e. The molecule has 3 aromatic carbocycles. The van der Waals surface area contributed by atoms with Crippen molar-refractivity contribution in [2.75, 3.05) is 49.4 Å². The number of unbranched alkanes of at least 4 members (excludes halogenated alkanes) is 2. The molecule has 4 amide bonds. The van der Waals surface area contributed by atoms with Crippen LogP contribution in [0, 0.1) is 16.7 Å². The van der Waals surface area contributed by atoms with Gasteiger partial charge in [-0.25, -0.2) is 0 Å². The molecular weight excluding hydrogens is 960 g/mol. The molecule has 382 valence electrons. The number of benzene rings is 3. The van der Waals surface area contributed by atoms with Crippen molar-refractivity contribution in [2.24, 2.45) is 10.4 Å². The lowest BCUT2D eigenvalue weighted by atomic mass is 9.85. The molecule has 20 heteroatoms. The highest BCUT2D eigenvalue weighted by Gasteiger charge is 2.51. The lowest BCUT2D eigenvalue weighted by molar-refractivity contribution is -0.144. The van der Waals surface area contributed by atoms with Crippen LogP contribution in [0.1, 0.15) is 101 Å². The number of thiocarbonyl (C=S) groups is 1. The molecule has 71 heavy (non-hydrogen) atoms. The first-order valence-corrected chi connectivity index (χ1v) is 25.0. The number of hydrogen-bond donors (Lipinski definition) is 3. The summed E-state index contributed by atoms with van der Waals surface area (Å²) in [7, 11) is 0. The van der Waals surface area contributed by atoms with Gasteiger partial charge in [0.15, 0.2) is 5.11 Å². The summed E-state index contributed by atoms with van der Waals surface area (Å²) >= 11 is 7.31. The number of carbonyl (C=O) groups excluding carboxylic acids is 4. The lowest BCUT2D eigenvalue weighted by Crippen LogP contribution is -2.58. The number of thioether (sulfide) groups is 1. The number of ether oxygens (including phenoxy) is 3. The Labute approximate surface area is 422 Å². The number of likely N-dealkylation sites (tertiary alicyclic amines) is 1. The van der Waals surface area contributed by atoms with Crippen molar-refractivity contribution in [1.29, 1.82) is 5.26 Å². The van der Waals surface area contributed by atoms with Crippen molar-refractivity contribution in [2.45, 2.75) is 121 Å². The second-order valence-corrected chi connectivity index (χ2v) is 20.7. The molecule has 15 nitrogen and oxygen atoms in total. The Morgan fingerprint density at radius 3 is 2.27 bits per heavy atom. The molecule has 2 unspecified atom stereocenters. The largest absolute Gasteiger partial charge is 0.494 e. The van der Waals surface area contributed by atoms with E-state index in [1.807, 2.05) is 50.6 Å². The Kier molecular flexibility index (Phi) is 18.3. The number of aliphatic imine (C=N–C) groups is 1. The quantitative estimate of drug-likeness (QED) is 0.0707. The second-order valence-electron chi connectivity index (χ2n) is 19.4. The third-order valence-electron chi connectivity index (χ3n) is 12.5.